The van der Waals surface area contributed by atoms with E-state index < -0.39 is 0 Å². The number of nitrogens with two attached hydrogens (primary N) is 1. The highest BCUT2D eigenvalue weighted by Crippen LogP contribution is 2.26. The van der Waals surface area contributed by atoms with Crippen LogP contribution < -0.4 is 10.6 Å². The SMILES string of the molecule is CN(C)c1ccc(C(=O)N(CCN)C2CCC2)cc1. The molecule has 104 valence electrons. The molecule has 0 saturated heterocycles. The van der Waals surface area contributed by atoms with Gasteiger partial charge >= 0.3 is 0 Å². The van der Waals surface area contributed by atoms with Gasteiger partial charge in [-0.05, 0) is 43.5 Å². The summed E-state index contributed by atoms with van der Waals surface area (Å²) >= 11 is 0. The van der Waals surface area contributed by atoms with Crippen LogP contribution in [0.1, 0.15) is 29.6 Å². The van der Waals surface area contributed by atoms with Gasteiger partial charge in [0.15, 0.2) is 0 Å². The number of hydrogen-bond donors (Lipinski definition) is 1. The number of anilines is 1. The highest BCUT2D eigenvalue weighted by Gasteiger charge is 2.28. The fraction of sp³-hybridized carbons (Fsp3) is 0.533. The van der Waals surface area contributed by atoms with E-state index in [4.69, 9.17) is 5.73 Å². The molecule has 1 saturated carbocycles. The quantitative estimate of drug-likeness (QED) is 0.878. The summed E-state index contributed by atoms with van der Waals surface area (Å²) in [5, 5.41) is 0. The second-order valence-electron chi connectivity index (χ2n) is 5.31. The van der Waals surface area contributed by atoms with Crippen molar-refractivity contribution < 1.29 is 4.79 Å². The molecule has 1 fully saturated rings. The lowest BCUT2D eigenvalue weighted by molar-refractivity contribution is 0.0588. The summed E-state index contributed by atoms with van der Waals surface area (Å²) < 4.78 is 0. The van der Waals surface area contributed by atoms with Gasteiger partial charge in [-0.3, -0.25) is 4.79 Å². The van der Waals surface area contributed by atoms with Crippen LogP contribution in [-0.4, -0.2) is 44.0 Å². The van der Waals surface area contributed by atoms with Gasteiger partial charge in [0.1, 0.15) is 0 Å². The molecule has 0 radical (unpaired) electrons. The van der Waals surface area contributed by atoms with E-state index in [9.17, 15) is 4.79 Å². The van der Waals surface area contributed by atoms with E-state index in [1.807, 2.05) is 48.2 Å². The Kier molecular flexibility index (Phi) is 4.43. The van der Waals surface area contributed by atoms with Crippen molar-refractivity contribution in [3.8, 4) is 0 Å². The van der Waals surface area contributed by atoms with Gasteiger partial charge < -0.3 is 15.5 Å². The van der Waals surface area contributed by atoms with Gasteiger partial charge in [-0.25, -0.2) is 0 Å². The number of carbonyl (C=O) groups excluding carboxylic acids is 1. The number of nitrogens with zero attached hydrogens (tertiary/aromatic N) is 2. The summed E-state index contributed by atoms with van der Waals surface area (Å²) in [5.41, 5.74) is 7.48. The van der Waals surface area contributed by atoms with E-state index >= 15 is 0 Å². The first-order valence-electron chi connectivity index (χ1n) is 6.92. The molecule has 2 N–H and O–H groups in total. The van der Waals surface area contributed by atoms with Crippen LogP contribution in [0.2, 0.25) is 0 Å². The second-order valence-corrected chi connectivity index (χ2v) is 5.31. The maximum absolute atomic E-state index is 12.5. The van der Waals surface area contributed by atoms with Gasteiger partial charge in [0.05, 0.1) is 0 Å². The van der Waals surface area contributed by atoms with Crippen molar-refractivity contribution in [3.63, 3.8) is 0 Å². The van der Waals surface area contributed by atoms with Crippen molar-refractivity contribution >= 4 is 11.6 Å². The molecule has 19 heavy (non-hydrogen) atoms. The summed E-state index contributed by atoms with van der Waals surface area (Å²) in [4.78, 5) is 16.5. The smallest absolute Gasteiger partial charge is 0.254 e. The molecule has 1 aromatic rings. The summed E-state index contributed by atoms with van der Waals surface area (Å²) in [6, 6.07) is 8.16. The fourth-order valence-electron chi connectivity index (χ4n) is 2.36. The summed E-state index contributed by atoms with van der Waals surface area (Å²) in [7, 11) is 3.98. The monoisotopic (exact) mass is 261 g/mol. The zero-order valence-electron chi connectivity index (χ0n) is 11.8. The molecule has 0 bridgehead atoms. The molecule has 0 heterocycles. The van der Waals surface area contributed by atoms with Crippen molar-refractivity contribution in [3.05, 3.63) is 29.8 Å². The molecule has 1 aromatic carbocycles. The zero-order chi connectivity index (χ0) is 13.8. The van der Waals surface area contributed by atoms with E-state index in [1.54, 1.807) is 0 Å². The highest BCUT2D eigenvalue weighted by molar-refractivity contribution is 5.94. The summed E-state index contributed by atoms with van der Waals surface area (Å²) in [6.45, 7) is 1.18. The van der Waals surface area contributed by atoms with Gasteiger partial charge in [-0.1, -0.05) is 0 Å². The molecule has 0 spiro atoms. The molecule has 0 atom stereocenters. The number of carbonyl (C=O) groups is 1. The minimum Gasteiger partial charge on any atom is -0.378 e. The number of hydrogen-bond acceptors (Lipinski definition) is 3. The van der Waals surface area contributed by atoms with Crippen LogP contribution in [0.15, 0.2) is 24.3 Å². The van der Waals surface area contributed by atoms with E-state index in [0.29, 0.717) is 19.1 Å². The van der Waals surface area contributed by atoms with Crippen molar-refractivity contribution in [2.75, 3.05) is 32.1 Å². The van der Waals surface area contributed by atoms with Crippen LogP contribution in [0, 0.1) is 0 Å². The predicted molar refractivity (Wildman–Crippen MR) is 78.5 cm³/mol. The first-order chi connectivity index (χ1) is 9.13. The van der Waals surface area contributed by atoms with E-state index in [-0.39, 0.29) is 5.91 Å². The summed E-state index contributed by atoms with van der Waals surface area (Å²) in [5.74, 6) is 0.112. The maximum atomic E-state index is 12.5. The molecule has 2 rings (SSSR count). The molecule has 4 heteroatoms. The van der Waals surface area contributed by atoms with Crippen LogP contribution in [0.3, 0.4) is 0 Å². The van der Waals surface area contributed by atoms with Gasteiger partial charge in [-0.15, -0.1) is 0 Å². The molecule has 4 nitrogen and oxygen atoms in total. The lowest BCUT2D eigenvalue weighted by atomic mass is 9.91. The van der Waals surface area contributed by atoms with Crippen molar-refractivity contribution in [2.45, 2.75) is 25.3 Å². The minimum atomic E-state index is 0.112. The molecule has 1 aliphatic rings. The van der Waals surface area contributed by atoms with Gasteiger partial charge in [0.2, 0.25) is 0 Å². The average Bonchev–Trinajstić information content (AvgIpc) is 2.35. The third-order valence-electron chi connectivity index (χ3n) is 3.78. The van der Waals surface area contributed by atoms with Crippen LogP contribution in [0.4, 0.5) is 5.69 Å². The normalized spacial score (nSPS) is 14.9. The number of benzene rings is 1. The van der Waals surface area contributed by atoms with E-state index in [1.165, 1.54) is 6.42 Å². The molecular formula is C15H23N3O. The zero-order valence-corrected chi connectivity index (χ0v) is 11.8. The van der Waals surface area contributed by atoms with Gasteiger partial charge in [0, 0.05) is 44.5 Å². The van der Waals surface area contributed by atoms with Gasteiger partial charge in [0.25, 0.3) is 5.91 Å². The molecule has 0 unspecified atom stereocenters. The predicted octanol–water partition coefficient (Wildman–Crippen LogP) is 1.71. The Labute approximate surface area is 115 Å². The fourth-order valence-corrected chi connectivity index (χ4v) is 2.36. The van der Waals surface area contributed by atoms with Crippen molar-refractivity contribution in [1.29, 1.82) is 0 Å². The van der Waals surface area contributed by atoms with E-state index in [2.05, 4.69) is 0 Å². The Balaban J connectivity index is 2.11. The maximum Gasteiger partial charge on any atom is 0.254 e. The van der Waals surface area contributed by atoms with Crippen molar-refractivity contribution in [2.24, 2.45) is 5.73 Å². The topological polar surface area (TPSA) is 49.6 Å². The van der Waals surface area contributed by atoms with E-state index in [0.717, 1.165) is 24.1 Å². The third kappa shape index (κ3) is 3.07. The van der Waals surface area contributed by atoms with Crippen LogP contribution in [-0.2, 0) is 0 Å². The first-order valence-corrected chi connectivity index (χ1v) is 6.92. The second kappa shape index (κ2) is 6.06. The number of amides is 1. The Morgan fingerprint density at radius 3 is 2.32 bits per heavy atom. The molecule has 0 aliphatic heterocycles. The first kappa shape index (κ1) is 13.9. The van der Waals surface area contributed by atoms with Crippen LogP contribution >= 0.6 is 0 Å². The number of rotatable bonds is 5. The van der Waals surface area contributed by atoms with Crippen molar-refractivity contribution in [1.82, 2.24) is 4.90 Å². The lowest BCUT2D eigenvalue weighted by Crippen LogP contribution is -2.46. The largest absolute Gasteiger partial charge is 0.378 e. The minimum absolute atomic E-state index is 0.112. The summed E-state index contributed by atoms with van der Waals surface area (Å²) in [6.07, 6.45) is 3.45. The third-order valence-corrected chi connectivity index (χ3v) is 3.78. The molecular weight excluding hydrogens is 238 g/mol. The Hall–Kier alpha value is -1.55. The standard InChI is InChI=1S/C15H23N3O/c1-17(2)13-8-6-12(7-9-13)15(19)18(11-10-16)14-4-3-5-14/h6-9,14H,3-5,10-11,16H2,1-2H3. The molecule has 1 aliphatic carbocycles. The van der Waals surface area contributed by atoms with Gasteiger partial charge in [-0.2, -0.15) is 0 Å². The molecule has 1 amide bonds. The molecule has 0 aromatic heterocycles. The lowest BCUT2D eigenvalue weighted by Gasteiger charge is -2.37. The van der Waals surface area contributed by atoms with Crippen LogP contribution in [0.25, 0.3) is 0 Å². The Bertz CT molecular complexity index is 424. The Morgan fingerprint density at radius 2 is 1.89 bits per heavy atom. The average molecular weight is 261 g/mol. The Morgan fingerprint density at radius 1 is 1.26 bits per heavy atom. The van der Waals surface area contributed by atoms with Crippen LogP contribution in [0.5, 0.6) is 0 Å². The highest BCUT2D eigenvalue weighted by atomic mass is 16.2.